The first kappa shape index (κ1) is 41.6. The highest BCUT2D eigenvalue weighted by molar-refractivity contribution is 6.38. The van der Waals surface area contributed by atoms with Crippen molar-refractivity contribution in [3.05, 3.63) is 52.7 Å². The minimum Gasteiger partial charge on any atom is -0.468 e. The zero-order valence-electron chi connectivity index (χ0n) is 32.2. The highest BCUT2D eigenvalue weighted by Gasteiger charge is 2.48. The fourth-order valence-corrected chi connectivity index (χ4v) is 7.16. The zero-order chi connectivity index (χ0) is 40.6. The summed E-state index contributed by atoms with van der Waals surface area (Å²) in [7, 11) is 0. The van der Waals surface area contributed by atoms with Gasteiger partial charge in [0.1, 0.15) is 29.9 Å². The van der Waals surface area contributed by atoms with Gasteiger partial charge in [-0.3, -0.25) is 43.9 Å². The Morgan fingerprint density at radius 1 is 0.982 bits per heavy atom. The van der Waals surface area contributed by atoms with Crippen LogP contribution >= 0.6 is 0 Å². The Hall–Kier alpha value is -5.55. The van der Waals surface area contributed by atoms with Crippen LogP contribution in [-0.4, -0.2) is 103 Å². The second-order valence-electron chi connectivity index (χ2n) is 15.8. The molecule has 2 saturated carbocycles. The van der Waals surface area contributed by atoms with E-state index in [1.807, 2.05) is 0 Å². The SMILES string of the molecule is CCCC(NC(=O)[C@@H]1C[C@@H](Oc2ncccc2[N+](=O)[O-])CN1C(=O)C(NC(=O)C(NC(=O)c1cnccn1)C1CCCCC1)C(C)(C)C)C(=O)C(=O)NC1CC1. The average Bonchev–Trinajstić information content (AvgIpc) is 3.90. The number of ketones is 1. The normalized spacial score (nSPS) is 20.2. The van der Waals surface area contributed by atoms with Crippen LogP contribution in [0.4, 0.5) is 5.69 Å². The van der Waals surface area contributed by atoms with Gasteiger partial charge in [-0.05, 0) is 49.5 Å². The first-order valence-electron chi connectivity index (χ1n) is 19.3. The number of pyridine rings is 1. The number of rotatable bonds is 16. The molecule has 5 amide bonds. The summed E-state index contributed by atoms with van der Waals surface area (Å²) in [6, 6.07) is -2.16. The maximum Gasteiger partial charge on any atom is 0.330 e. The summed E-state index contributed by atoms with van der Waals surface area (Å²) in [4.78, 5) is 107. The molecule has 0 bridgehead atoms. The molecule has 2 aliphatic carbocycles. The number of amides is 5. The number of aromatic nitrogens is 3. The van der Waals surface area contributed by atoms with E-state index in [2.05, 4.69) is 36.2 Å². The van der Waals surface area contributed by atoms with E-state index >= 15 is 0 Å². The fourth-order valence-electron chi connectivity index (χ4n) is 7.16. The standard InChI is InChI=1S/C38H51N9O9/c1-5-10-25(30(48)35(52)42-23-14-15-23)43-33(50)28-19-24(56-36-27(47(54)55)13-9-16-41-36)21-46(28)37(53)31(38(2,3)4)45-34(51)29(22-11-7-6-8-12-22)44-32(49)26-20-39-17-18-40-26/h9,13,16-18,20,22-25,28-29,31H,5-8,10-12,14-15,19,21H2,1-4H3,(H,42,52)(H,43,50)(H,44,49)(H,45,51)/t24-,25?,28+,29?,31?/m1/s1. The van der Waals surface area contributed by atoms with Crippen molar-refractivity contribution in [3.63, 3.8) is 0 Å². The summed E-state index contributed by atoms with van der Waals surface area (Å²) in [6.07, 6.45) is 10.5. The lowest BCUT2D eigenvalue weighted by Gasteiger charge is -2.37. The van der Waals surface area contributed by atoms with Gasteiger partial charge in [0.05, 0.1) is 23.7 Å². The van der Waals surface area contributed by atoms with E-state index < -0.39 is 81.6 Å². The molecule has 5 atom stereocenters. The number of nitro groups is 1. The highest BCUT2D eigenvalue weighted by atomic mass is 16.6. The molecule has 3 unspecified atom stereocenters. The highest BCUT2D eigenvalue weighted by Crippen LogP contribution is 2.32. The number of carbonyl (C=O) groups is 6. The van der Waals surface area contributed by atoms with E-state index in [1.165, 1.54) is 41.8 Å². The molecule has 18 nitrogen and oxygen atoms in total. The van der Waals surface area contributed by atoms with E-state index in [0.717, 1.165) is 32.1 Å². The van der Waals surface area contributed by atoms with Crippen molar-refractivity contribution in [2.75, 3.05) is 6.54 Å². The van der Waals surface area contributed by atoms with Crippen molar-refractivity contribution in [2.45, 2.75) is 128 Å². The molecule has 1 aliphatic heterocycles. The molecule has 0 radical (unpaired) electrons. The first-order chi connectivity index (χ1) is 26.7. The number of ether oxygens (including phenoxy) is 1. The van der Waals surface area contributed by atoms with E-state index in [-0.39, 0.29) is 42.9 Å². The van der Waals surface area contributed by atoms with Crippen LogP contribution in [0.25, 0.3) is 0 Å². The fraction of sp³-hybridized carbons (Fsp3) is 0.605. The average molecular weight is 778 g/mol. The Bertz CT molecular complexity index is 1780. The van der Waals surface area contributed by atoms with Crippen LogP contribution in [0.5, 0.6) is 5.88 Å². The molecular formula is C38H51N9O9. The van der Waals surface area contributed by atoms with Gasteiger partial charge >= 0.3 is 5.69 Å². The summed E-state index contributed by atoms with van der Waals surface area (Å²) >= 11 is 0. The molecule has 3 aliphatic rings. The molecule has 2 aromatic rings. The minimum absolute atomic E-state index is 0.0274. The van der Waals surface area contributed by atoms with Crippen molar-refractivity contribution < 1.29 is 38.4 Å². The molecule has 3 heterocycles. The molecule has 302 valence electrons. The summed E-state index contributed by atoms with van der Waals surface area (Å²) in [6.45, 7) is 6.81. The van der Waals surface area contributed by atoms with Crippen molar-refractivity contribution in [2.24, 2.45) is 11.3 Å². The number of nitrogens with zero attached hydrogens (tertiary/aromatic N) is 5. The number of hydrogen-bond donors (Lipinski definition) is 4. The van der Waals surface area contributed by atoms with Gasteiger partial charge in [-0.25, -0.2) is 9.97 Å². The van der Waals surface area contributed by atoms with E-state index in [9.17, 15) is 38.9 Å². The molecule has 5 rings (SSSR count). The minimum atomic E-state index is -1.26. The van der Waals surface area contributed by atoms with Gasteiger partial charge in [0, 0.05) is 37.1 Å². The summed E-state index contributed by atoms with van der Waals surface area (Å²) in [5.41, 5.74) is -1.31. The number of hydrogen-bond acceptors (Lipinski definition) is 12. The van der Waals surface area contributed by atoms with Crippen molar-refractivity contribution in [1.82, 2.24) is 41.1 Å². The third-order valence-corrected chi connectivity index (χ3v) is 10.3. The topological polar surface area (TPSA) is 245 Å². The van der Waals surface area contributed by atoms with Crippen molar-refractivity contribution in [3.8, 4) is 5.88 Å². The quantitative estimate of drug-likeness (QED) is 0.109. The maximum absolute atomic E-state index is 14.8. The maximum atomic E-state index is 14.8. The molecule has 0 spiro atoms. The third kappa shape index (κ3) is 10.6. The first-order valence-corrected chi connectivity index (χ1v) is 19.3. The lowest BCUT2D eigenvalue weighted by molar-refractivity contribution is -0.386. The van der Waals surface area contributed by atoms with Gasteiger partial charge < -0.3 is 30.9 Å². The van der Waals surface area contributed by atoms with E-state index in [4.69, 9.17) is 4.74 Å². The Balaban J connectivity index is 1.42. The summed E-state index contributed by atoms with van der Waals surface area (Å²) in [5.74, 6) is -4.70. The Kier molecular flexibility index (Phi) is 13.7. The Labute approximate surface area is 324 Å². The van der Waals surface area contributed by atoms with Crippen LogP contribution in [0, 0.1) is 21.4 Å². The lowest BCUT2D eigenvalue weighted by Crippen LogP contribution is -2.62. The number of carbonyl (C=O) groups excluding carboxylic acids is 6. The predicted molar refractivity (Wildman–Crippen MR) is 200 cm³/mol. The van der Waals surface area contributed by atoms with E-state index in [0.29, 0.717) is 19.3 Å². The second kappa shape index (κ2) is 18.4. The van der Waals surface area contributed by atoms with Gasteiger partial charge in [0.25, 0.3) is 17.7 Å². The molecule has 18 heteroatoms. The van der Waals surface area contributed by atoms with Crippen LogP contribution in [0.15, 0.2) is 36.9 Å². The van der Waals surface area contributed by atoms with Gasteiger partial charge in [-0.2, -0.15) is 0 Å². The number of Topliss-reactive ketones (excluding diaryl/α,β-unsaturated/α-hetero) is 1. The molecule has 4 N–H and O–H groups in total. The summed E-state index contributed by atoms with van der Waals surface area (Å²) < 4.78 is 5.96. The van der Waals surface area contributed by atoms with Gasteiger partial charge in [-0.1, -0.05) is 53.4 Å². The smallest absolute Gasteiger partial charge is 0.330 e. The van der Waals surface area contributed by atoms with Gasteiger partial charge in [0.2, 0.25) is 23.5 Å². The lowest BCUT2D eigenvalue weighted by atomic mass is 9.82. The van der Waals surface area contributed by atoms with Crippen molar-refractivity contribution >= 4 is 41.0 Å². The second-order valence-corrected chi connectivity index (χ2v) is 15.8. The van der Waals surface area contributed by atoms with Gasteiger partial charge in [0.15, 0.2) is 0 Å². The monoisotopic (exact) mass is 777 g/mol. The van der Waals surface area contributed by atoms with Crippen molar-refractivity contribution in [1.29, 1.82) is 0 Å². The predicted octanol–water partition coefficient (Wildman–Crippen LogP) is 2.17. The third-order valence-electron chi connectivity index (χ3n) is 10.3. The van der Waals surface area contributed by atoms with E-state index in [1.54, 1.807) is 27.7 Å². The number of nitrogens with one attached hydrogen (secondary N) is 4. The van der Waals surface area contributed by atoms with Crippen LogP contribution in [0.2, 0.25) is 0 Å². The molecule has 3 fully saturated rings. The molecular weight excluding hydrogens is 726 g/mol. The largest absolute Gasteiger partial charge is 0.468 e. The summed E-state index contributed by atoms with van der Waals surface area (Å²) in [5, 5.41) is 22.8. The number of likely N-dealkylation sites (tertiary alicyclic amines) is 1. The Morgan fingerprint density at radius 2 is 1.71 bits per heavy atom. The molecule has 1 saturated heterocycles. The van der Waals surface area contributed by atoms with Crippen LogP contribution in [-0.2, 0) is 24.0 Å². The molecule has 56 heavy (non-hydrogen) atoms. The molecule has 2 aromatic heterocycles. The van der Waals surface area contributed by atoms with Crippen LogP contribution in [0.3, 0.4) is 0 Å². The zero-order valence-corrected chi connectivity index (χ0v) is 32.2. The van der Waals surface area contributed by atoms with Crippen LogP contribution in [0.1, 0.15) is 102 Å². The molecule has 0 aromatic carbocycles. The van der Waals surface area contributed by atoms with Gasteiger partial charge in [-0.15, -0.1) is 0 Å². The Morgan fingerprint density at radius 3 is 2.34 bits per heavy atom. The van der Waals surface area contributed by atoms with Crippen LogP contribution < -0.4 is 26.0 Å².